The number of hydrogen-bond donors (Lipinski definition) is 3. The van der Waals surface area contributed by atoms with Gasteiger partial charge in [-0.2, -0.15) is 0 Å². The largest absolute Gasteiger partial charge is 0.481 e. The Labute approximate surface area is 127 Å². The van der Waals surface area contributed by atoms with Gasteiger partial charge in [-0.05, 0) is 24.6 Å². The predicted molar refractivity (Wildman–Crippen MR) is 82.7 cm³/mol. The van der Waals surface area contributed by atoms with Crippen molar-refractivity contribution in [2.45, 2.75) is 13.3 Å². The van der Waals surface area contributed by atoms with Crippen LogP contribution in [0.3, 0.4) is 0 Å². The molecule has 1 aromatic rings. The summed E-state index contributed by atoms with van der Waals surface area (Å²) in [6.07, 6.45) is 0.850. The lowest BCUT2D eigenvalue weighted by Crippen LogP contribution is -2.24. The van der Waals surface area contributed by atoms with Crippen LogP contribution in [0.2, 0.25) is 0 Å². The molecule has 0 saturated carbocycles. The van der Waals surface area contributed by atoms with Crippen LogP contribution < -0.4 is 10.6 Å². The van der Waals surface area contributed by atoms with Crippen LogP contribution in [0.4, 0.5) is 5.69 Å². The average molecular weight is 310 g/mol. The van der Waals surface area contributed by atoms with Gasteiger partial charge >= 0.3 is 5.97 Å². The van der Waals surface area contributed by atoms with E-state index in [1.807, 2.05) is 6.92 Å². The minimum absolute atomic E-state index is 0.0541. The number of rotatable bonds is 8. The number of thioether (sulfide) groups is 1. The predicted octanol–water partition coefficient (Wildman–Crippen LogP) is 1.58. The molecule has 0 bridgehead atoms. The summed E-state index contributed by atoms with van der Waals surface area (Å²) in [5, 5.41) is 13.9. The Morgan fingerprint density at radius 2 is 2.00 bits per heavy atom. The first-order valence-electron chi connectivity index (χ1n) is 6.50. The molecule has 0 fully saturated rings. The van der Waals surface area contributed by atoms with E-state index in [1.165, 1.54) is 0 Å². The van der Waals surface area contributed by atoms with E-state index >= 15 is 0 Å². The minimum atomic E-state index is -0.956. The third-order valence-electron chi connectivity index (χ3n) is 2.40. The quantitative estimate of drug-likeness (QED) is 0.677. The first-order chi connectivity index (χ1) is 10.0. The molecule has 0 aliphatic heterocycles. The number of carboxylic acids is 1. The Morgan fingerprint density at radius 1 is 1.24 bits per heavy atom. The van der Waals surface area contributed by atoms with E-state index in [4.69, 9.17) is 5.11 Å². The molecule has 7 heteroatoms. The molecule has 6 nitrogen and oxygen atoms in total. The minimum Gasteiger partial charge on any atom is -0.481 e. The van der Waals surface area contributed by atoms with Gasteiger partial charge in [-0.15, -0.1) is 11.8 Å². The van der Waals surface area contributed by atoms with Crippen LogP contribution in [0.15, 0.2) is 24.3 Å². The van der Waals surface area contributed by atoms with Gasteiger partial charge in [-0.1, -0.05) is 13.0 Å². The second kappa shape index (κ2) is 9.02. The van der Waals surface area contributed by atoms with E-state index in [1.54, 1.807) is 24.3 Å². The molecule has 0 heterocycles. The Morgan fingerprint density at radius 3 is 2.67 bits per heavy atom. The Hall–Kier alpha value is -2.02. The summed E-state index contributed by atoms with van der Waals surface area (Å²) < 4.78 is 0. The number of benzene rings is 1. The van der Waals surface area contributed by atoms with Crippen molar-refractivity contribution < 1.29 is 19.5 Å². The van der Waals surface area contributed by atoms with Crippen molar-refractivity contribution in [2.75, 3.05) is 23.4 Å². The van der Waals surface area contributed by atoms with Gasteiger partial charge in [0.2, 0.25) is 5.91 Å². The van der Waals surface area contributed by atoms with Crippen LogP contribution >= 0.6 is 11.8 Å². The van der Waals surface area contributed by atoms with E-state index < -0.39 is 5.97 Å². The third kappa shape index (κ3) is 6.80. The molecule has 0 atom stereocenters. The first-order valence-corrected chi connectivity index (χ1v) is 7.66. The average Bonchev–Trinajstić information content (AvgIpc) is 2.44. The number of anilines is 1. The maximum atomic E-state index is 11.8. The van der Waals surface area contributed by atoms with Crippen LogP contribution in [-0.2, 0) is 9.59 Å². The lowest BCUT2D eigenvalue weighted by Gasteiger charge is -2.07. The van der Waals surface area contributed by atoms with E-state index in [-0.39, 0.29) is 23.3 Å². The first kappa shape index (κ1) is 17.0. The zero-order valence-corrected chi connectivity index (χ0v) is 12.5. The van der Waals surface area contributed by atoms with Crippen molar-refractivity contribution in [2.24, 2.45) is 0 Å². The van der Waals surface area contributed by atoms with Crippen LogP contribution in [0.1, 0.15) is 23.7 Å². The van der Waals surface area contributed by atoms with Gasteiger partial charge in [-0.25, -0.2) is 0 Å². The molecule has 0 unspecified atom stereocenters. The fourth-order valence-corrected chi connectivity index (χ4v) is 2.04. The van der Waals surface area contributed by atoms with Gasteiger partial charge < -0.3 is 15.7 Å². The Bertz CT molecular complexity index is 519. The number of carboxylic acid groups (broad SMARTS) is 1. The summed E-state index contributed by atoms with van der Waals surface area (Å²) in [5.74, 6) is -1.51. The fourth-order valence-electron chi connectivity index (χ4n) is 1.51. The zero-order valence-electron chi connectivity index (χ0n) is 11.7. The molecule has 0 radical (unpaired) electrons. The lowest BCUT2D eigenvalue weighted by molar-refractivity contribution is -0.133. The summed E-state index contributed by atoms with van der Waals surface area (Å²) in [6, 6.07) is 6.61. The van der Waals surface area contributed by atoms with Crippen LogP contribution in [0, 0.1) is 0 Å². The maximum Gasteiger partial charge on any atom is 0.313 e. The number of amides is 2. The van der Waals surface area contributed by atoms with Crippen LogP contribution in [0.5, 0.6) is 0 Å². The molecule has 0 aliphatic carbocycles. The molecule has 1 rings (SSSR count). The molecule has 1 aromatic carbocycles. The molecule has 2 amide bonds. The SMILES string of the molecule is CCCNC(=O)c1cccc(NC(=O)CSCC(=O)O)c1. The normalized spacial score (nSPS) is 9.95. The van der Waals surface area contributed by atoms with Crippen molar-refractivity contribution in [3.63, 3.8) is 0 Å². The summed E-state index contributed by atoms with van der Waals surface area (Å²) in [6.45, 7) is 2.56. The van der Waals surface area contributed by atoms with Crippen molar-refractivity contribution >= 4 is 35.2 Å². The highest BCUT2D eigenvalue weighted by atomic mass is 32.2. The van der Waals surface area contributed by atoms with E-state index in [0.29, 0.717) is 17.8 Å². The monoisotopic (exact) mass is 310 g/mol. The summed E-state index contributed by atoms with van der Waals surface area (Å²) in [5.41, 5.74) is 0.986. The van der Waals surface area contributed by atoms with E-state index in [0.717, 1.165) is 18.2 Å². The highest BCUT2D eigenvalue weighted by Gasteiger charge is 2.08. The Balaban J connectivity index is 2.53. The molecular weight excluding hydrogens is 292 g/mol. The second-order valence-corrected chi connectivity index (χ2v) is 5.26. The van der Waals surface area contributed by atoms with Gasteiger partial charge in [0, 0.05) is 17.8 Å². The maximum absolute atomic E-state index is 11.8. The molecular formula is C14H18N2O4S. The summed E-state index contributed by atoms with van der Waals surface area (Å²) in [4.78, 5) is 33.8. The van der Waals surface area contributed by atoms with Gasteiger partial charge in [0.05, 0.1) is 11.5 Å². The van der Waals surface area contributed by atoms with Crippen molar-refractivity contribution in [3.8, 4) is 0 Å². The van der Waals surface area contributed by atoms with Gasteiger partial charge in [0.25, 0.3) is 5.91 Å². The van der Waals surface area contributed by atoms with Crippen molar-refractivity contribution in [1.29, 1.82) is 0 Å². The smallest absolute Gasteiger partial charge is 0.313 e. The standard InChI is InChI=1S/C14H18N2O4S/c1-2-6-15-14(20)10-4-3-5-11(7-10)16-12(17)8-21-9-13(18)19/h3-5,7H,2,6,8-9H2,1H3,(H,15,20)(H,16,17)(H,18,19). The van der Waals surface area contributed by atoms with E-state index in [9.17, 15) is 14.4 Å². The molecule has 3 N–H and O–H groups in total. The zero-order chi connectivity index (χ0) is 15.7. The van der Waals surface area contributed by atoms with Crippen molar-refractivity contribution in [3.05, 3.63) is 29.8 Å². The molecule has 0 spiro atoms. The summed E-state index contributed by atoms with van der Waals surface area (Å²) >= 11 is 1.02. The van der Waals surface area contributed by atoms with E-state index in [2.05, 4.69) is 10.6 Å². The van der Waals surface area contributed by atoms with Crippen LogP contribution in [0.25, 0.3) is 0 Å². The molecule has 0 saturated heterocycles. The highest BCUT2D eigenvalue weighted by molar-refractivity contribution is 8.00. The molecule has 114 valence electrons. The number of carbonyl (C=O) groups excluding carboxylic acids is 2. The molecule has 0 aliphatic rings. The van der Waals surface area contributed by atoms with Gasteiger partial charge in [0.15, 0.2) is 0 Å². The second-order valence-electron chi connectivity index (χ2n) is 4.27. The lowest BCUT2D eigenvalue weighted by atomic mass is 10.2. The topological polar surface area (TPSA) is 95.5 Å². The number of carbonyl (C=O) groups is 3. The molecule has 0 aromatic heterocycles. The number of hydrogen-bond acceptors (Lipinski definition) is 4. The third-order valence-corrected chi connectivity index (χ3v) is 3.32. The van der Waals surface area contributed by atoms with Gasteiger partial charge in [0.1, 0.15) is 0 Å². The van der Waals surface area contributed by atoms with Crippen molar-refractivity contribution in [1.82, 2.24) is 5.32 Å². The number of nitrogens with one attached hydrogen (secondary N) is 2. The van der Waals surface area contributed by atoms with Gasteiger partial charge in [-0.3, -0.25) is 14.4 Å². The van der Waals surface area contributed by atoms with Crippen LogP contribution in [-0.4, -0.2) is 40.9 Å². The number of aliphatic carboxylic acids is 1. The fraction of sp³-hybridized carbons (Fsp3) is 0.357. The summed E-state index contributed by atoms with van der Waals surface area (Å²) in [7, 11) is 0. The Kier molecular flexibility index (Phi) is 7.31. The highest BCUT2D eigenvalue weighted by Crippen LogP contribution is 2.11. The molecule has 21 heavy (non-hydrogen) atoms.